The Hall–Kier alpha value is -9.17. The minimum Gasteiger partial charge on any atom is -0.435 e. The molecule has 3 aliphatic rings. The summed E-state index contributed by atoms with van der Waals surface area (Å²) in [6, 6.07) is 37.0. The molecule has 11 heterocycles. The number of anilines is 9. The van der Waals surface area contributed by atoms with Crippen molar-refractivity contribution < 1.29 is 24.2 Å². The molecule has 4 unspecified atom stereocenters. The van der Waals surface area contributed by atoms with E-state index in [0.29, 0.717) is 39.8 Å². The predicted octanol–water partition coefficient (Wildman–Crippen LogP) is 16.9. The SMILES string of the molecule is [2H]C(C)(C)N1c2cccnc2N(c2c(C)ccc3c2oc2nc(C)ccc23)C1C.[2H]C([2H])([2H])C([2H])(C)N1c2ccccc2N(c2c(C)ccc3c2oc2nc(C)ccc23)C1C.[2H]C([2H])([2H])N1c2cccnc2N(c2c(C)ccc3c2oc2nc(C)ccc23)C1C. The van der Waals surface area contributed by atoms with Crippen LogP contribution in [0, 0.1) is 41.5 Å². The fourth-order valence-electron chi connectivity index (χ4n) is 12.5. The van der Waals surface area contributed by atoms with Gasteiger partial charge in [-0.25, -0.2) is 24.9 Å². The smallest absolute Gasteiger partial charge is 0.227 e. The molecule has 414 valence electrons. The highest BCUT2D eigenvalue weighted by atomic mass is 16.3. The number of nitrogens with zero attached hydrogens (tertiary/aromatic N) is 11. The second kappa shape index (κ2) is 19.8. The molecule has 14 nitrogen and oxygen atoms in total. The third kappa shape index (κ3) is 8.15. The van der Waals surface area contributed by atoms with Crippen molar-refractivity contribution in [3.8, 4) is 0 Å². The van der Waals surface area contributed by atoms with Crippen LogP contribution >= 0.6 is 0 Å². The van der Waals surface area contributed by atoms with Gasteiger partial charge in [0.15, 0.2) is 28.4 Å². The van der Waals surface area contributed by atoms with E-state index in [0.717, 1.165) is 112 Å². The predicted molar refractivity (Wildman–Crippen MR) is 336 cm³/mol. The third-order valence-electron chi connectivity index (χ3n) is 16.2. The van der Waals surface area contributed by atoms with Crippen LogP contribution in [0.1, 0.15) is 93.1 Å². The molecular formula is C68H69N11O3. The van der Waals surface area contributed by atoms with Gasteiger partial charge in [0.1, 0.15) is 18.5 Å². The van der Waals surface area contributed by atoms with Gasteiger partial charge in [0, 0.05) is 89.0 Å². The largest absolute Gasteiger partial charge is 0.435 e. The summed E-state index contributed by atoms with van der Waals surface area (Å²) >= 11 is 0. The zero-order valence-corrected chi connectivity index (χ0v) is 48.1. The van der Waals surface area contributed by atoms with E-state index in [1.165, 1.54) is 11.8 Å². The minimum absolute atomic E-state index is 0.0837. The van der Waals surface area contributed by atoms with Crippen molar-refractivity contribution in [3.05, 3.63) is 167 Å². The number of rotatable bonds is 5. The first kappa shape index (κ1) is 43.6. The topological polar surface area (TPSA) is 123 Å². The molecule has 0 aliphatic carbocycles. The lowest BCUT2D eigenvalue weighted by molar-refractivity contribution is 0.601. The highest BCUT2D eigenvalue weighted by molar-refractivity contribution is 6.12. The Morgan fingerprint density at radius 1 is 0.427 bits per heavy atom. The summed E-state index contributed by atoms with van der Waals surface area (Å²) in [5.41, 5.74) is 15.6. The van der Waals surface area contributed by atoms with Gasteiger partial charge in [0.2, 0.25) is 17.1 Å². The minimum atomic E-state index is -2.49. The Morgan fingerprint density at radius 2 is 0.817 bits per heavy atom. The average Bonchev–Trinajstić information content (AvgIpc) is 1.58. The fourth-order valence-corrected chi connectivity index (χ4v) is 12.5. The van der Waals surface area contributed by atoms with E-state index in [4.69, 9.17) is 29.2 Å². The lowest BCUT2D eigenvalue weighted by Gasteiger charge is -2.33. The van der Waals surface area contributed by atoms with E-state index < -0.39 is 38.2 Å². The maximum absolute atomic E-state index is 8.82. The summed E-state index contributed by atoms with van der Waals surface area (Å²) in [6.45, 7) is 18.3. The van der Waals surface area contributed by atoms with Crippen LogP contribution in [0.3, 0.4) is 0 Å². The van der Waals surface area contributed by atoms with E-state index in [2.05, 4.69) is 66.7 Å². The third-order valence-corrected chi connectivity index (χ3v) is 16.2. The molecule has 15 rings (SSSR count). The van der Waals surface area contributed by atoms with E-state index >= 15 is 0 Å². The van der Waals surface area contributed by atoms with Gasteiger partial charge in [-0.05, 0) is 179 Å². The number of pyridine rings is 5. The molecule has 12 aromatic rings. The molecule has 0 bridgehead atoms. The number of aryl methyl sites for hydroxylation is 6. The number of fused-ring (bicyclic) bond motifs is 12. The van der Waals surface area contributed by atoms with Gasteiger partial charge in [0.05, 0.1) is 42.6 Å². The van der Waals surface area contributed by atoms with Crippen LogP contribution < -0.4 is 29.4 Å². The second-order valence-corrected chi connectivity index (χ2v) is 21.9. The molecule has 0 spiro atoms. The van der Waals surface area contributed by atoms with Gasteiger partial charge in [-0.2, -0.15) is 0 Å². The molecule has 0 saturated carbocycles. The van der Waals surface area contributed by atoms with Crippen LogP contribution in [-0.2, 0) is 0 Å². The molecule has 0 fully saturated rings. The molecular weight excluding hydrogens is 1020 g/mol. The van der Waals surface area contributed by atoms with Gasteiger partial charge in [-0.1, -0.05) is 48.5 Å². The van der Waals surface area contributed by atoms with Gasteiger partial charge >= 0.3 is 0 Å². The van der Waals surface area contributed by atoms with Crippen molar-refractivity contribution in [2.75, 3.05) is 36.4 Å². The molecule has 82 heavy (non-hydrogen) atoms. The fraction of sp³-hybridized carbons (Fsp3) is 0.279. The molecule has 4 aromatic carbocycles. The van der Waals surface area contributed by atoms with Crippen LogP contribution in [0.4, 0.5) is 51.4 Å². The van der Waals surface area contributed by atoms with Crippen molar-refractivity contribution in [1.29, 1.82) is 0 Å². The molecule has 14 heteroatoms. The van der Waals surface area contributed by atoms with E-state index in [1.807, 2.05) is 158 Å². The van der Waals surface area contributed by atoms with Crippen LogP contribution in [-0.4, -0.2) is 62.4 Å². The summed E-state index contributed by atoms with van der Waals surface area (Å²) in [4.78, 5) is 34.3. The number of benzene rings is 4. The lowest BCUT2D eigenvalue weighted by atomic mass is 10.1. The van der Waals surface area contributed by atoms with Crippen LogP contribution in [0.2, 0.25) is 0 Å². The Bertz CT molecular complexity index is 4640. The van der Waals surface area contributed by atoms with Gasteiger partial charge in [-0.3, -0.25) is 0 Å². The highest BCUT2D eigenvalue weighted by Gasteiger charge is 2.40. The molecule has 0 radical (unpaired) electrons. The molecule has 0 saturated heterocycles. The summed E-state index contributed by atoms with van der Waals surface area (Å²) in [6.07, 6.45) is 2.53. The Kier molecular flexibility index (Phi) is 10.5. The highest BCUT2D eigenvalue weighted by Crippen LogP contribution is 2.51. The molecule has 4 atom stereocenters. The van der Waals surface area contributed by atoms with Crippen molar-refractivity contribution >= 4 is 118 Å². The quantitative estimate of drug-likeness (QED) is 0.162. The molecule has 0 N–H and O–H groups in total. The second-order valence-electron chi connectivity index (χ2n) is 21.9. The average molecular weight is 1100 g/mol. The summed E-state index contributed by atoms with van der Waals surface area (Å²) in [5, 5.41) is 5.84. The van der Waals surface area contributed by atoms with Crippen LogP contribution in [0.5, 0.6) is 0 Å². The zero-order chi connectivity index (χ0) is 64.0. The maximum atomic E-state index is 8.82. The van der Waals surface area contributed by atoms with Crippen LogP contribution in [0.25, 0.3) is 66.2 Å². The number of furan rings is 3. The van der Waals surface area contributed by atoms with Crippen molar-refractivity contribution in [2.24, 2.45) is 0 Å². The number of hydrogen-bond donors (Lipinski definition) is 0. The summed E-state index contributed by atoms with van der Waals surface area (Å²) in [5.74, 6) is 1.46. The standard InChI is InChI=1S/C24H25N3O.C23H24N4O.C21H20N4O/c1-14(2)26-17(5)27(21-9-7-6-8-20(21)26)22-15(3)10-12-18-19-13-11-16(4)25-24(19)28-23(18)22;1-13(2)26-16(5)27(22-19(26)7-6-12-24-22)20-14(3)8-10-17-18-11-9-15(4)25-23(18)28-21(17)20;1-12-7-9-15-16-10-8-13(2)23-21(16)26-19(15)18(12)25-14(3)24(4)17-6-5-11-22-20(17)25/h6-14,17H,1-5H3;6-13,16H,1-5H3;5-11,14H,1-4H3/i1D3,14D;13D;4D3. The van der Waals surface area contributed by atoms with Crippen molar-refractivity contribution in [1.82, 2.24) is 24.9 Å². The first-order chi connectivity index (χ1) is 42.6. The van der Waals surface area contributed by atoms with Crippen molar-refractivity contribution in [3.63, 3.8) is 0 Å². The Labute approximate surface area is 489 Å². The van der Waals surface area contributed by atoms with Gasteiger partial charge in [-0.15, -0.1) is 0 Å². The first-order valence-corrected chi connectivity index (χ1v) is 27.7. The van der Waals surface area contributed by atoms with Gasteiger partial charge < -0.3 is 42.7 Å². The molecule has 3 aliphatic heterocycles. The van der Waals surface area contributed by atoms with Crippen LogP contribution in [0.15, 0.2) is 147 Å². The lowest BCUT2D eigenvalue weighted by Crippen LogP contribution is -2.42. The summed E-state index contributed by atoms with van der Waals surface area (Å²) < 4.78 is 84.5. The molecule has 8 aromatic heterocycles. The van der Waals surface area contributed by atoms with E-state index in [9.17, 15) is 0 Å². The monoisotopic (exact) mass is 1100 g/mol. The number of para-hydroxylation sites is 2. The molecule has 0 amide bonds. The number of hydrogen-bond acceptors (Lipinski definition) is 14. The zero-order valence-electron chi connectivity index (χ0n) is 56.1. The first-order valence-electron chi connectivity index (χ1n) is 31.7. The summed E-state index contributed by atoms with van der Waals surface area (Å²) in [7, 11) is 0. The number of aromatic nitrogens is 5. The van der Waals surface area contributed by atoms with Crippen molar-refractivity contribution in [2.45, 2.75) is 120 Å². The Morgan fingerprint density at radius 3 is 1.28 bits per heavy atom. The maximum Gasteiger partial charge on any atom is 0.227 e. The Balaban J connectivity index is 0.000000124. The van der Waals surface area contributed by atoms with E-state index in [-0.39, 0.29) is 6.17 Å². The van der Waals surface area contributed by atoms with Gasteiger partial charge in [0.25, 0.3) is 0 Å². The van der Waals surface area contributed by atoms with E-state index in [1.54, 1.807) is 29.4 Å². The normalized spacial score (nSPS) is 19.2.